The second-order valence-corrected chi connectivity index (χ2v) is 5.98. The molecule has 0 aliphatic rings. The smallest absolute Gasteiger partial charge is 0.224 e. The maximum absolute atomic E-state index is 12.9. The predicted molar refractivity (Wildman–Crippen MR) is 97.1 cm³/mol. The normalized spacial score (nSPS) is 11.1. The van der Waals surface area contributed by atoms with Crippen LogP contribution in [0.2, 0.25) is 0 Å². The third-order valence-electron chi connectivity index (χ3n) is 4.22. The SMILES string of the molecule is O=C(CCc1ccc(F)cc1)Nc1ccc2c(c1)oc1ccccc12. The van der Waals surface area contributed by atoms with E-state index in [9.17, 15) is 9.18 Å². The molecule has 124 valence electrons. The van der Waals surface area contributed by atoms with Crippen molar-refractivity contribution in [3.05, 3.63) is 78.1 Å². The maximum Gasteiger partial charge on any atom is 0.224 e. The minimum absolute atomic E-state index is 0.0835. The van der Waals surface area contributed by atoms with E-state index in [4.69, 9.17) is 4.42 Å². The Morgan fingerprint density at radius 2 is 1.68 bits per heavy atom. The number of hydrogen-bond donors (Lipinski definition) is 1. The topological polar surface area (TPSA) is 42.2 Å². The molecule has 0 radical (unpaired) electrons. The van der Waals surface area contributed by atoms with E-state index in [-0.39, 0.29) is 11.7 Å². The van der Waals surface area contributed by atoms with Crippen molar-refractivity contribution in [2.24, 2.45) is 0 Å². The summed E-state index contributed by atoms with van der Waals surface area (Å²) in [5.74, 6) is -0.355. The molecule has 3 aromatic carbocycles. The second-order valence-electron chi connectivity index (χ2n) is 5.98. The number of aryl methyl sites for hydroxylation is 1. The zero-order valence-corrected chi connectivity index (χ0v) is 13.5. The molecule has 0 aliphatic carbocycles. The molecule has 4 aromatic rings. The molecular weight excluding hydrogens is 317 g/mol. The lowest BCUT2D eigenvalue weighted by Gasteiger charge is -2.05. The van der Waals surface area contributed by atoms with E-state index < -0.39 is 0 Å². The number of carbonyl (C=O) groups excluding carboxylic acids is 1. The van der Waals surface area contributed by atoms with Gasteiger partial charge in [0, 0.05) is 28.9 Å². The third-order valence-corrected chi connectivity index (χ3v) is 4.22. The van der Waals surface area contributed by atoms with Crippen LogP contribution >= 0.6 is 0 Å². The Labute approximate surface area is 144 Å². The molecular formula is C21H16FNO2. The highest BCUT2D eigenvalue weighted by atomic mass is 19.1. The van der Waals surface area contributed by atoms with Gasteiger partial charge in [0.2, 0.25) is 5.91 Å². The number of hydrogen-bond acceptors (Lipinski definition) is 2. The molecule has 1 heterocycles. The molecule has 0 aliphatic heterocycles. The molecule has 0 spiro atoms. The molecule has 4 rings (SSSR count). The molecule has 0 fully saturated rings. The lowest BCUT2D eigenvalue weighted by molar-refractivity contribution is -0.116. The van der Waals surface area contributed by atoms with Gasteiger partial charge in [-0.3, -0.25) is 4.79 Å². The average molecular weight is 333 g/mol. The summed E-state index contributed by atoms with van der Waals surface area (Å²) in [6, 6.07) is 19.7. The summed E-state index contributed by atoms with van der Waals surface area (Å²) >= 11 is 0. The van der Waals surface area contributed by atoms with Gasteiger partial charge in [-0.2, -0.15) is 0 Å². The van der Waals surface area contributed by atoms with E-state index in [1.165, 1.54) is 12.1 Å². The molecule has 3 nitrogen and oxygen atoms in total. The highest BCUT2D eigenvalue weighted by molar-refractivity contribution is 6.06. The van der Waals surface area contributed by atoms with Crippen LogP contribution in [0.4, 0.5) is 10.1 Å². The fourth-order valence-electron chi connectivity index (χ4n) is 2.94. The van der Waals surface area contributed by atoms with Crippen LogP contribution in [-0.4, -0.2) is 5.91 Å². The van der Waals surface area contributed by atoms with Gasteiger partial charge < -0.3 is 9.73 Å². The Morgan fingerprint density at radius 1 is 0.920 bits per heavy atom. The Balaban J connectivity index is 1.47. The summed E-state index contributed by atoms with van der Waals surface area (Å²) in [5, 5.41) is 4.98. The molecule has 0 saturated carbocycles. The summed E-state index contributed by atoms with van der Waals surface area (Å²) in [7, 11) is 0. The van der Waals surface area contributed by atoms with Crippen LogP contribution in [0.1, 0.15) is 12.0 Å². The molecule has 0 bridgehead atoms. The first-order valence-electron chi connectivity index (χ1n) is 8.15. The highest BCUT2D eigenvalue weighted by Crippen LogP contribution is 2.30. The minimum atomic E-state index is -0.271. The zero-order chi connectivity index (χ0) is 17.2. The van der Waals surface area contributed by atoms with Gasteiger partial charge in [0.15, 0.2) is 0 Å². The molecule has 0 saturated heterocycles. The Hall–Kier alpha value is -3.14. The molecule has 1 aromatic heterocycles. The lowest BCUT2D eigenvalue weighted by atomic mass is 10.1. The van der Waals surface area contributed by atoms with E-state index in [1.54, 1.807) is 12.1 Å². The second kappa shape index (κ2) is 6.40. The Morgan fingerprint density at radius 3 is 2.52 bits per heavy atom. The van der Waals surface area contributed by atoms with Crippen molar-refractivity contribution in [3.8, 4) is 0 Å². The van der Waals surface area contributed by atoms with Crippen molar-refractivity contribution in [3.63, 3.8) is 0 Å². The largest absolute Gasteiger partial charge is 0.456 e. The van der Waals surface area contributed by atoms with Crippen molar-refractivity contribution in [2.45, 2.75) is 12.8 Å². The van der Waals surface area contributed by atoms with Gasteiger partial charge in [0.05, 0.1) is 0 Å². The van der Waals surface area contributed by atoms with Gasteiger partial charge >= 0.3 is 0 Å². The number of fused-ring (bicyclic) bond motifs is 3. The van der Waals surface area contributed by atoms with Crippen LogP contribution in [-0.2, 0) is 11.2 Å². The number of para-hydroxylation sites is 1. The summed E-state index contributed by atoms with van der Waals surface area (Å²) < 4.78 is 18.7. The van der Waals surface area contributed by atoms with Crippen molar-refractivity contribution >= 4 is 33.5 Å². The van der Waals surface area contributed by atoms with Gasteiger partial charge in [-0.1, -0.05) is 30.3 Å². The van der Waals surface area contributed by atoms with E-state index >= 15 is 0 Å². The molecule has 1 amide bonds. The molecule has 25 heavy (non-hydrogen) atoms. The quantitative estimate of drug-likeness (QED) is 0.551. The summed E-state index contributed by atoms with van der Waals surface area (Å²) in [6.07, 6.45) is 0.906. The maximum atomic E-state index is 12.9. The number of nitrogens with one attached hydrogen (secondary N) is 1. The molecule has 1 N–H and O–H groups in total. The number of benzene rings is 3. The van der Waals surface area contributed by atoms with Gasteiger partial charge in [-0.15, -0.1) is 0 Å². The molecule has 4 heteroatoms. The number of furan rings is 1. The summed E-state index contributed by atoms with van der Waals surface area (Å²) in [5.41, 5.74) is 3.22. The molecule has 0 unspecified atom stereocenters. The van der Waals surface area contributed by atoms with Gasteiger partial charge in [-0.05, 0) is 42.3 Å². The number of amides is 1. The fourth-order valence-corrected chi connectivity index (χ4v) is 2.94. The van der Waals surface area contributed by atoms with Crippen LogP contribution in [0, 0.1) is 5.82 Å². The van der Waals surface area contributed by atoms with E-state index in [1.807, 2.05) is 42.5 Å². The van der Waals surface area contributed by atoms with Crippen LogP contribution in [0.3, 0.4) is 0 Å². The Kier molecular flexibility index (Phi) is 3.94. The highest BCUT2D eigenvalue weighted by Gasteiger charge is 2.09. The van der Waals surface area contributed by atoms with Crippen molar-refractivity contribution in [2.75, 3.05) is 5.32 Å². The number of carbonyl (C=O) groups is 1. The number of rotatable bonds is 4. The van der Waals surface area contributed by atoms with Gasteiger partial charge in [0.25, 0.3) is 0 Å². The predicted octanol–water partition coefficient (Wildman–Crippen LogP) is 5.30. The van der Waals surface area contributed by atoms with Crippen molar-refractivity contribution in [1.29, 1.82) is 0 Å². The third kappa shape index (κ3) is 3.24. The van der Waals surface area contributed by atoms with Gasteiger partial charge in [0.1, 0.15) is 17.0 Å². The summed E-state index contributed by atoms with van der Waals surface area (Å²) in [6.45, 7) is 0. The number of anilines is 1. The minimum Gasteiger partial charge on any atom is -0.456 e. The fraction of sp³-hybridized carbons (Fsp3) is 0.0952. The number of halogens is 1. The van der Waals surface area contributed by atoms with Crippen molar-refractivity contribution in [1.82, 2.24) is 0 Å². The van der Waals surface area contributed by atoms with Crippen LogP contribution in [0.15, 0.2) is 71.1 Å². The summed E-state index contributed by atoms with van der Waals surface area (Å²) in [4.78, 5) is 12.1. The standard InChI is InChI=1S/C21H16FNO2/c22-15-8-5-14(6-9-15)7-12-21(24)23-16-10-11-18-17-3-1-2-4-19(17)25-20(18)13-16/h1-6,8-11,13H,7,12H2,(H,23,24). The molecule has 0 atom stereocenters. The lowest BCUT2D eigenvalue weighted by Crippen LogP contribution is -2.12. The van der Waals surface area contributed by atoms with Crippen LogP contribution < -0.4 is 5.32 Å². The first-order chi connectivity index (χ1) is 12.2. The van der Waals surface area contributed by atoms with E-state index in [0.29, 0.717) is 18.5 Å². The van der Waals surface area contributed by atoms with Gasteiger partial charge in [-0.25, -0.2) is 4.39 Å². The monoisotopic (exact) mass is 333 g/mol. The van der Waals surface area contributed by atoms with E-state index in [0.717, 1.165) is 27.5 Å². The van der Waals surface area contributed by atoms with Crippen molar-refractivity contribution < 1.29 is 13.6 Å². The van der Waals surface area contributed by atoms with Crippen LogP contribution in [0.25, 0.3) is 21.9 Å². The first kappa shape index (κ1) is 15.4. The Bertz CT molecular complexity index is 1050. The van der Waals surface area contributed by atoms with E-state index in [2.05, 4.69) is 5.32 Å². The zero-order valence-electron chi connectivity index (χ0n) is 13.5. The average Bonchev–Trinajstić information content (AvgIpc) is 2.99. The van der Waals surface area contributed by atoms with Crippen LogP contribution in [0.5, 0.6) is 0 Å². The first-order valence-corrected chi connectivity index (χ1v) is 8.15.